The lowest BCUT2D eigenvalue weighted by Gasteiger charge is -2.61. The quantitative estimate of drug-likeness (QED) is 0.507. The van der Waals surface area contributed by atoms with Gasteiger partial charge in [-0.25, -0.2) is 0 Å². The molecule has 5 saturated carbocycles. The van der Waals surface area contributed by atoms with E-state index in [0.29, 0.717) is 16.7 Å². The molecule has 0 heterocycles. The Bertz CT molecular complexity index is 626. The van der Waals surface area contributed by atoms with Crippen LogP contribution in [0.2, 0.25) is 0 Å². The van der Waals surface area contributed by atoms with Gasteiger partial charge in [-0.2, -0.15) is 0 Å². The van der Waals surface area contributed by atoms with Crippen molar-refractivity contribution in [2.24, 2.45) is 58.2 Å². The van der Waals surface area contributed by atoms with Crippen molar-refractivity contribution < 1.29 is 5.11 Å². The lowest BCUT2D eigenvalue weighted by molar-refractivity contribution is -0.131. The zero-order valence-corrected chi connectivity index (χ0v) is 20.1. The third-order valence-electron chi connectivity index (χ3n) is 11.8. The van der Waals surface area contributed by atoms with Gasteiger partial charge < -0.3 is 5.11 Å². The van der Waals surface area contributed by atoms with Crippen LogP contribution in [0.3, 0.4) is 0 Å². The number of aliphatic hydroxyl groups is 1. The highest BCUT2D eigenvalue weighted by atomic mass is 16.3. The first-order valence-corrected chi connectivity index (χ1v) is 13.4. The van der Waals surface area contributed by atoms with Gasteiger partial charge in [0.2, 0.25) is 0 Å². The maximum Gasteiger partial charge on any atom is 0.0683 e. The Kier molecular flexibility index (Phi) is 5.02. The van der Waals surface area contributed by atoms with Crippen molar-refractivity contribution in [3.8, 4) is 0 Å². The summed E-state index contributed by atoms with van der Waals surface area (Å²) >= 11 is 0. The van der Waals surface area contributed by atoms with Crippen LogP contribution >= 0.6 is 0 Å². The first-order valence-electron chi connectivity index (χ1n) is 13.4. The van der Waals surface area contributed by atoms with Gasteiger partial charge in [0.05, 0.1) is 5.60 Å². The van der Waals surface area contributed by atoms with Crippen LogP contribution in [0.5, 0.6) is 0 Å². The summed E-state index contributed by atoms with van der Waals surface area (Å²) in [6.45, 7) is 12.7. The molecule has 5 aliphatic rings. The Morgan fingerprint density at radius 2 is 1.52 bits per heavy atom. The molecule has 5 rings (SSSR count). The van der Waals surface area contributed by atoms with Gasteiger partial charge in [-0.3, -0.25) is 0 Å². The fraction of sp³-hybridized carbons (Fsp3) is 1.00. The Morgan fingerprint density at radius 1 is 0.793 bits per heavy atom. The van der Waals surface area contributed by atoms with Gasteiger partial charge in [-0.15, -0.1) is 0 Å². The second kappa shape index (κ2) is 6.98. The van der Waals surface area contributed by atoms with Gasteiger partial charge in [0.1, 0.15) is 0 Å². The summed E-state index contributed by atoms with van der Waals surface area (Å²) in [5.41, 5.74) is 0.930. The molecule has 0 spiro atoms. The molecule has 0 unspecified atom stereocenters. The maximum absolute atomic E-state index is 10.8. The summed E-state index contributed by atoms with van der Waals surface area (Å²) in [6.07, 6.45) is 16.8. The van der Waals surface area contributed by atoms with Crippen LogP contribution in [0.15, 0.2) is 0 Å². The van der Waals surface area contributed by atoms with Crippen LogP contribution in [0.1, 0.15) is 112 Å². The minimum absolute atomic E-state index is 0.232. The van der Waals surface area contributed by atoms with Crippen LogP contribution in [0.25, 0.3) is 0 Å². The zero-order valence-electron chi connectivity index (χ0n) is 20.1. The van der Waals surface area contributed by atoms with Crippen molar-refractivity contribution in [3.63, 3.8) is 0 Å². The van der Waals surface area contributed by atoms with E-state index in [1.807, 2.05) is 0 Å². The molecular formula is C28H48O. The molecule has 0 aromatic carbocycles. The van der Waals surface area contributed by atoms with Gasteiger partial charge in [0.15, 0.2) is 0 Å². The van der Waals surface area contributed by atoms with Crippen LogP contribution in [-0.2, 0) is 0 Å². The van der Waals surface area contributed by atoms with E-state index in [1.54, 1.807) is 0 Å². The van der Waals surface area contributed by atoms with E-state index in [1.165, 1.54) is 64.2 Å². The van der Waals surface area contributed by atoms with Gasteiger partial charge in [0.25, 0.3) is 0 Å². The maximum atomic E-state index is 10.8. The molecule has 5 fully saturated rings. The minimum Gasteiger partial charge on any atom is -0.390 e. The predicted molar refractivity (Wildman–Crippen MR) is 122 cm³/mol. The van der Waals surface area contributed by atoms with E-state index in [0.717, 1.165) is 54.3 Å². The first kappa shape index (κ1) is 20.8. The summed E-state index contributed by atoms with van der Waals surface area (Å²) in [4.78, 5) is 0. The average Bonchev–Trinajstić information content (AvgIpc) is 3.14. The molecule has 0 saturated heterocycles. The normalized spacial score (nSPS) is 54.3. The van der Waals surface area contributed by atoms with Crippen LogP contribution < -0.4 is 0 Å². The average molecular weight is 401 g/mol. The largest absolute Gasteiger partial charge is 0.390 e. The summed E-state index contributed by atoms with van der Waals surface area (Å²) in [6, 6.07) is 0. The first-order chi connectivity index (χ1) is 13.7. The van der Waals surface area contributed by atoms with E-state index in [9.17, 15) is 5.11 Å². The monoisotopic (exact) mass is 400 g/mol. The van der Waals surface area contributed by atoms with Gasteiger partial charge >= 0.3 is 0 Å². The van der Waals surface area contributed by atoms with Gasteiger partial charge in [0, 0.05) is 0 Å². The molecule has 0 radical (unpaired) electrons. The third-order valence-corrected chi connectivity index (χ3v) is 11.8. The topological polar surface area (TPSA) is 20.2 Å². The van der Waals surface area contributed by atoms with E-state index in [4.69, 9.17) is 0 Å². The highest BCUT2D eigenvalue weighted by Gasteiger charge is 2.67. The fourth-order valence-electron chi connectivity index (χ4n) is 10.1. The van der Waals surface area contributed by atoms with Crippen molar-refractivity contribution in [1.82, 2.24) is 0 Å². The number of rotatable bonds is 5. The molecule has 0 aromatic rings. The zero-order chi connectivity index (χ0) is 20.6. The van der Waals surface area contributed by atoms with E-state index in [2.05, 4.69) is 34.6 Å². The molecule has 10 atom stereocenters. The van der Waals surface area contributed by atoms with Gasteiger partial charge in [-0.1, -0.05) is 53.9 Å². The van der Waals surface area contributed by atoms with E-state index in [-0.39, 0.29) is 5.60 Å². The molecule has 166 valence electrons. The van der Waals surface area contributed by atoms with E-state index < -0.39 is 0 Å². The molecule has 0 aromatic heterocycles. The predicted octanol–water partition coefficient (Wildman–Crippen LogP) is 7.47. The second-order valence-electron chi connectivity index (χ2n) is 13.6. The Hall–Kier alpha value is -0.0400. The van der Waals surface area contributed by atoms with Crippen molar-refractivity contribution in [2.45, 2.75) is 117 Å². The third kappa shape index (κ3) is 3.18. The van der Waals surface area contributed by atoms with Crippen LogP contribution in [0.4, 0.5) is 0 Å². The van der Waals surface area contributed by atoms with Crippen molar-refractivity contribution in [3.05, 3.63) is 0 Å². The van der Waals surface area contributed by atoms with E-state index >= 15 is 0 Å². The van der Waals surface area contributed by atoms with Crippen molar-refractivity contribution >= 4 is 0 Å². The number of fused-ring (bicyclic) bond motifs is 6. The summed E-state index contributed by atoms with van der Waals surface area (Å²) < 4.78 is 0. The second-order valence-corrected chi connectivity index (χ2v) is 13.6. The summed E-state index contributed by atoms with van der Waals surface area (Å²) in [7, 11) is 0. The highest BCUT2D eigenvalue weighted by Crippen LogP contribution is 2.72. The van der Waals surface area contributed by atoms with Crippen molar-refractivity contribution in [1.29, 1.82) is 0 Å². The molecular weight excluding hydrogens is 352 g/mol. The SMILES string of the molecule is CC(C)CCC[C@@H](C)[C@H]1CC[C@H]2[C@@H]3CC[C@H]4C[C@@]5(O)C[C@@H]5C[C@]4(C)[C@H]3CC[C@]12C. The lowest BCUT2D eigenvalue weighted by Crippen LogP contribution is -2.54. The highest BCUT2D eigenvalue weighted by molar-refractivity contribution is 5.17. The molecule has 1 heteroatoms. The smallest absolute Gasteiger partial charge is 0.0683 e. The van der Waals surface area contributed by atoms with Crippen molar-refractivity contribution in [2.75, 3.05) is 0 Å². The molecule has 0 bridgehead atoms. The van der Waals surface area contributed by atoms with Gasteiger partial charge in [-0.05, 0) is 116 Å². The summed E-state index contributed by atoms with van der Waals surface area (Å²) in [5.74, 6) is 7.16. The molecule has 1 nitrogen and oxygen atoms in total. The Balaban J connectivity index is 1.30. The molecule has 1 N–H and O–H groups in total. The molecule has 5 aliphatic carbocycles. The molecule has 0 aliphatic heterocycles. The summed E-state index contributed by atoms with van der Waals surface area (Å²) in [5, 5.41) is 10.8. The molecule has 0 amide bonds. The number of hydrogen-bond donors (Lipinski definition) is 1. The minimum atomic E-state index is -0.232. The molecule has 29 heavy (non-hydrogen) atoms. The van der Waals surface area contributed by atoms with Crippen LogP contribution in [0, 0.1) is 58.2 Å². The fourth-order valence-corrected chi connectivity index (χ4v) is 10.1. The Morgan fingerprint density at radius 3 is 2.28 bits per heavy atom. The lowest BCUT2D eigenvalue weighted by atomic mass is 9.44. The Labute approximate surface area is 180 Å². The number of hydrogen-bond acceptors (Lipinski definition) is 1. The van der Waals surface area contributed by atoms with Crippen LogP contribution in [-0.4, -0.2) is 10.7 Å². The standard InChI is InChI=1S/C28H48O/c1-18(2)7-6-8-19(3)23-11-12-24-22-10-9-20-16-28(29)17-21(28)15-27(20,5)25(22)13-14-26(23,24)4/h18-25,29H,6-17H2,1-5H3/t19-,20+,21+,22+,23-,24+,25+,26-,27+,28-/m1/s1.